The summed E-state index contributed by atoms with van der Waals surface area (Å²) in [5, 5.41) is 12.4. The Morgan fingerprint density at radius 3 is 2.32 bits per heavy atom. The second-order valence-electron chi connectivity index (χ2n) is 6.44. The molecule has 0 radical (unpaired) electrons. The molecule has 1 aromatic heterocycles. The highest BCUT2D eigenvalue weighted by Crippen LogP contribution is 2.36. The summed E-state index contributed by atoms with van der Waals surface area (Å²) in [7, 11) is 1.52. The number of carbonyl (C=O) groups is 2. The van der Waals surface area contributed by atoms with E-state index < -0.39 is 11.9 Å². The van der Waals surface area contributed by atoms with Crippen LogP contribution in [0.4, 0.5) is 5.69 Å². The van der Waals surface area contributed by atoms with Crippen LogP contribution in [-0.4, -0.2) is 24.1 Å². The van der Waals surface area contributed by atoms with Gasteiger partial charge in [0.1, 0.15) is 5.76 Å². The van der Waals surface area contributed by atoms with E-state index in [0.717, 1.165) is 5.76 Å². The lowest BCUT2D eigenvalue weighted by Gasteiger charge is -2.11. The minimum atomic E-state index is -1.17. The SMILES string of the molecule is COc1ccc(C(=O)Nc2c(Cl)cc(C(=O)O)cc2Cl)c2cc(C(C)C)oc12. The first-order valence-corrected chi connectivity index (χ1v) is 9.12. The number of anilines is 1. The molecule has 8 heteroatoms. The number of carboxylic acid groups (broad SMARTS) is 1. The van der Waals surface area contributed by atoms with Crippen LogP contribution in [0.5, 0.6) is 5.75 Å². The number of furan rings is 1. The Morgan fingerprint density at radius 1 is 1.14 bits per heavy atom. The van der Waals surface area contributed by atoms with Crippen molar-refractivity contribution in [3.8, 4) is 5.75 Å². The number of carboxylic acids is 1. The monoisotopic (exact) mass is 421 g/mol. The molecule has 2 N–H and O–H groups in total. The van der Waals surface area contributed by atoms with Gasteiger partial charge in [-0.05, 0) is 30.3 Å². The summed E-state index contributed by atoms with van der Waals surface area (Å²) in [6.45, 7) is 3.96. The van der Waals surface area contributed by atoms with Crippen molar-refractivity contribution in [3.05, 3.63) is 57.3 Å². The summed E-state index contributed by atoms with van der Waals surface area (Å²) in [6, 6.07) is 7.51. The summed E-state index contributed by atoms with van der Waals surface area (Å²) >= 11 is 12.2. The van der Waals surface area contributed by atoms with Crippen LogP contribution < -0.4 is 10.1 Å². The molecule has 3 rings (SSSR count). The number of methoxy groups -OCH3 is 1. The van der Waals surface area contributed by atoms with Crippen molar-refractivity contribution < 1.29 is 23.8 Å². The van der Waals surface area contributed by atoms with E-state index in [-0.39, 0.29) is 27.2 Å². The van der Waals surface area contributed by atoms with E-state index in [1.165, 1.54) is 19.2 Å². The first-order valence-electron chi connectivity index (χ1n) is 8.37. The molecule has 0 saturated heterocycles. The van der Waals surface area contributed by atoms with Crippen LogP contribution in [-0.2, 0) is 0 Å². The number of halogens is 2. The zero-order chi connectivity index (χ0) is 20.6. The Labute approximate surface area is 171 Å². The van der Waals surface area contributed by atoms with Crippen molar-refractivity contribution in [1.82, 2.24) is 0 Å². The van der Waals surface area contributed by atoms with Crippen LogP contribution in [0.2, 0.25) is 10.0 Å². The molecule has 0 aliphatic heterocycles. The van der Waals surface area contributed by atoms with Gasteiger partial charge in [-0.2, -0.15) is 0 Å². The van der Waals surface area contributed by atoms with Gasteiger partial charge in [-0.1, -0.05) is 37.0 Å². The molecule has 1 amide bonds. The van der Waals surface area contributed by atoms with E-state index >= 15 is 0 Å². The maximum Gasteiger partial charge on any atom is 0.335 e. The van der Waals surface area contributed by atoms with Gasteiger partial charge in [0.05, 0.1) is 34.0 Å². The van der Waals surface area contributed by atoms with E-state index in [9.17, 15) is 9.59 Å². The molecule has 0 bridgehead atoms. The topological polar surface area (TPSA) is 88.8 Å². The summed E-state index contributed by atoms with van der Waals surface area (Å²) < 4.78 is 11.2. The Bertz CT molecular complexity index is 1060. The average Bonchev–Trinajstić information content (AvgIpc) is 3.09. The van der Waals surface area contributed by atoms with Crippen LogP contribution in [0.25, 0.3) is 11.0 Å². The van der Waals surface area contributed by atoms with Crippen molar-refractivity contribution in [2.45, 2.75) is 19.8 Å². The van der Waals surface area contributed by atoms with Gasteiger partial charge in [-0.25, -0.2) is 4.79 Å². The predicted molar refractivity (Wildman–Crippen MR) is 108 cm³/mol. The predicted octanol–water partition coefficient (Wildman–Crippen LogP) is 5.82. The van der Waals surface area contributed by atoms with Crippen LogP contribution in [0.15, 0.2) is 34.7 Å². The minimum Gasteiger partial charge on any atom is -0.493 e. The summed E-state index contributed by atoms with van der Waals surface area (Å²) in [6.07, 6.45) is 0. The number of fused-ring (bicyclic) bond motifs is 1. The lowest BCUT2D eigenvalue weighted by atomic mass is 10.1. The molecule has 2 aromatic carbocycles. The first-order chi connectivity index (χ1) is 13.2. The van der Waals surface area contributed by atoms with Gasteiger partial charge < -0.3 is 19.6 Å². The fraction of sp³-hybridized carbons (Fsp3) is 0.200. The lowest BCUT2D eigenvalue weighted by Crippen LogP contribution is -2.13. The zero-order valence-corrected chi connectivity index (χ0v) is 16.8. The molecule has 3 aromatic rings. The number of nitrogens with one attached hydrogen (secondary N) is 1. The molecule has 28 heavy (non-hydrogen) atoms. The highest BCUT2D eigenvalue weighted by atomic mass is 35.5. The highest BCUT2D eigenvalue weighted by molar-refractivity contribution is 6.40. The quantitative estimate of drug-likeness (QED) is 0.541. The number of ether oxygens (including phenoxy) is 1. The van der Waals surface area contributed by atoms with E-state index in [0.29, 0.717) is 22.3 Å². The van der Waals surface area contributed by atoms with Crippen molar-refractivity contribution in [2.24, 2.45) is 0 Å². The number of rotatable bonds is 5. The lowest BCUT2D eigenvalue weighted by molar-refractivity contribution is 0.0696. The van der Waals surface area contributed by atoms with Crippen LogP contribution in [0, 0.1) is 0 Å². The summed E-state index contributed by atoms with van der Waals surface area (Å²) in [5.74, 6) is -0.273. The third kappa shape index (κ3) is 3.66. The number of aromatic carboxylic acids is 1. The molecule has 6 nitrogen and oxygen atoms in total. The molecule has 0 spiro atoms. The van der Waals surface area contributed by atoms with E-state index in [1.807, 2.05) is 13.8 Å². The van der Waals surface area contributed by atoms with E-state index in [4.69, 9.17) is 37.5 Å². The first kappa shape index (κ1) is 20.0. The van der Waals surface area contributed by atoms with Gasteiger partial charge >= 0.3 is 5.97 Å². The number of benzene rings is 2. The number of hydrogen-bond donors (Lipinski definition) is 2. The number of carbonyl (C=O) groups excluding carboxylic acids is 1. The Balaban J connectivity index is 2.04. The van der Waals surface area contributed by atoms with Crippen LogP contribution in [0.1, 0.15) is 46.2 Å². The Kier molecular flexibility index (Phi) is 5.54. The van der Waals surface area contributed by atoms with Gasteiger partial charge in [0.2, 0.25) is 0 Å². The average molecular weight is 422 g/mol. The van der Waals surface area contributed by atoms with E-state index in [2.05, 4.69) is 5.32 Å². The summed E-state index contributed by atoms with van der Waals surface area (Å²) in [5.41, 5.74) is 0.879. The second kappa shape index (κ2) is 7.73. The largest absolute Gasteiger partial charge is 0.493 e. The molecule has 146 valence electrons. The van der Waals surface area contributed by atoms with Gasteiger partial charge in [0, 0.05) is 11.3 Å². The maximum atomic E-state index is 12.9. The van der Waals surface area contributed by atoms with E-state index in [1.54, 1.807) is 18.2 Å². The fourth-order valence-electron chi connectivity index (χ4n) is 2.76. The third-order valence-corrected chi connectivity index (χ3v) is 4.82. The van der Waals surface area contributed by atoms with Crippen molar-refractivity contribution >= 4 is 51.7 Å². The molecule has 0 saturated carbocycles. The minimum absolute atomic E-state index is 0.0260. The van der Waals surface area contributed by atoms with Gasteiger partial charge in [-0.3, -0.25) is 4.79 Å². The van der Waals surface area contributed by atoms with Crippen molar-refractivity contribution in [3.63, 3.8) is 0 Å². The van der Waals surface area contributed by atoms with Gasteiger partial charge in [-0.15, -0.1) is 0 Å². The normalized spacial score (nSPS) is 11.1. The Hall–Kier alpha value is -2.70. The number of hydrogen-bond acceptors (Lipinski definition) is 4. The van der Waals surface area contributed by atoms with Crippen molar-refractivity contribution in [1.29, 1.82) is 0 Å². The molecule has 0 unspecified atom stereocenters. The Morgan fingerprint density at radius 2 is 1.79 bits per heavy atom. The highest BCUT2D eigenvalue weighted by Gasteiger charge is 2.21. The maximum absolute atomic E-state index is 12.9. The van der Waals surface area contributed by atoms with Crippen molar-refractivity contribution in [2.75, 3.05) is 12.4 Å². The fourth-order valence-corrected chi connectivity index (χ4v) is 3.34. The van der Waals surface area contributed by atoms with Gasteiger partial charge in [0.25, 0.3) is 5.91 Å². The molecule has 0 aliphatic carbocycles. The molecular weight excluding hydrogens is 405 g/mol. The standard InChI is InChI=1S/C20H17Cl2NO5/c1-9(2)16-8-12-11(4-5-15(27-3)18(12)28-16)19(24)23-17-13(21)6-10(20(25)26)7-14(17)22/h4-9H,1-3H3,(H,23,24)(H,25,26). The van der Waals surface area contributed by atoms with Crippen LogP contribution in [0.3, 0.4) is 0 Å². The molecule has 0 aliphatic rings. The number of amides is 1. The zero-order valence-electron chi connectivity index (χ0n) is 15.3. The summed E-state index contributed by atoms with van der Waals surface area (Å²) in [4.78, 5) is 24.0. The van der Waals surface area contributed by atoms with Gasteiger partial charge in [0.15, 0.2) is 11.3 Å². The third-order valence-electron chi connectivity index (χ3n) is 4.23. The van der Waals surface area contributed by atoms with Crippen LogP contribution >= 0.6 is 23.2 Å². The second-order valence-corrected chi connectivity index (χ2v) is 7.25. The smallest absolute Gasteiger partial charge is 0.335 e. The molecule has 1 heterocycles. The molecular formula is C20H17Cl2NO5. The molecule has 0 fully saturated rings. The molecule has 0 atom stereocenters.